The molecule has 13 heavy (non-hydrogen) atoms. The monoisotopic (exact) mass is 202 g/mol. The minimum Gasteiger partial charge on any atom is -0.282 e. The Morgan fingerprint density at radius 1 is 1.15 bits per heavy atom. The zero-order chi connectivity index (χ0) is 9.73. The van der Waals surface area contributed by atoms with Crippen molar-refractivity contribution >= 4 is 10.1 Å². The molecule has 0 amide bonds. The van der Waals surface area contributed by atoms with Crippen LogP contribution in [0, 0.1) is 5.92 Å². The van der Waals surface area contributed by atoms with E-state index in [1.807, 2.05) is 6.08 Å². The summed E-state index contributed by atoms with van der Waals surface area (Å²) in [6.45, 7) is 0. The topological polar surface area (TPSA) is 54.4 Å². The van der Waals surface area contributed by atoms with Gasteiger partial charge in [0.15, 0.2) is 0 Å². The van der Waals surface area contributed by atoms with Gasteiger partial charge in [0.1, 0.15) is 0 Å². The van der Waals surface area contributed by atoms with Gasteiger partial charge in [0.2, 0.25) is 0 Å². The normalized spacial score (nSPS) is 20.7. The minimum atomic E-state index is -3.95. The van der Waals surface area contributed by atoms with Crippen molar-refractivity contribution in [2.75, 3.05) is 0 Å². The number of rotatable bonds is 3. The van der Waals surface area contributed by atoms with E-state index in [-0.39, 0.29) is 0 Å². The summed E-state index contributed by atoms with van der Waals surface area (Å²) in [5.74, 6) is 0.589. The van der Waals surface area contributed by atoms with Crippen LogP contribution in [-0.4, -0.2) is 13.0 Å². The Labute approximate surface area is 78.9 Å². The van der Waals surface area contributed by atoms with Crippen molar-refractivity contribution in [3.63, 3.8) is 0 Å². The maximum Gasteiger partial charge on any atom is 0.287 e. The van der Waals surface area contributed by atoms with Gasteiger partial charge in [0, 0.05) is 0 Å². The average Bonchev–Trinajstić information content (AvgIpc) is 2.48. The van der Waals surface area contributed by atoms with Crippen molar-refractivity contribution < 1.29 is 13.0 Å². The third kappa shape index (κ3) is 4.85. The molecule has 0 heterocycles. The molecule has 1 aliphatic rings. The largest absolute Gasteiger partial charge is 0.287 e. The van der Waals surface area contributed by atoms with Gasteiger partial charge < -0.3 is 0 Å². The van der Waals surface area contributed by atoms with E-state index in [2.05, 4.69) is 0 Å². The van der Waals surface area contributed by atoms with E-state index in [1.54, 1.807) is 6.08 Å². The summed E-state index contributed by atoms with van der Waals surface area (Å²) in [6.07, 6.45) is 9.94. The highest BCUT2D eigenvalue weighted by Crippen LogP contribution is 2.25. The lowest BCUT2D eigenvalue weighted by Crippen LogP contribution is -1.88. The molecule has 0 aliphatic heterocycles. The van der Waals surface area contributed by atoms with Crippen molar-refractivity contribution in [2.24, 2.45) is 5.92 Å². The molecule has 0 saturated heterocycles. The van der Waals surface area contributed by atoms with Crippen LogP contribution in [0.3, 0.4) is 0 Å². The van der Waals surface area contributed by atoms with Gasteiger partial charge in [-0.05, 0) is 24.8 Å². The van der Waals surface area contributed by atoms with Gasteiger partial charge in [-0.15, -0.1) is 0 Å². The Morgan fingerprint density at radius 2 is 1.77 bits per heavy atom. The molecule has 0 bridgehead atoms. The van der Waals surface area contributed by atoms with Crippen LogP contribution in [0.2, 0.25) is 0 Å². The van der Waals surface area contributed by atoms with Crippen LogP contribution in [0.25, 0.3) is 0 Å². The molecule has 0 radical (unpaired) electrons. The average molecular weight is 202 g/mol. The maximum absolute atomic E-state index is 10.3. The van der Waals surface area contributed by atoms with E-state index < -0.39 is 10.1 Å². The van der Waals surface area contributed by atoms with E-state index in [9.17, 15) is 8.42 Å². The van der Waals surface area contributed by atoms with Gasteiger partial charge in [0.05, 0.1) is 5.41 Å². The second kappa shape index (κ2) is 4.58. The van der Waals surface area contributed by atoms with Crippen molar-refractivity contribution in [3.8, 4) is 0 Å². The second-order valence-electron chi connectivity index (χ2n) is 3.27. The molecule has 74 valence electrons. The molecule has 1 rings (SSSR count). The first kappa shape index (κ1) is 10.5. The van der Waals surface area contributed by atoms with E-state index >= 15 is 0 Å². The minimum absolute atomic E-state index is 0.589. The maximum atomic E-state index is 10.3. The highest BCUT2D eigenvalue weighted by molar-refractivity contribution is 7.88. The predicted molar refractivity (Wildman–Crippen MR) is 51.8 cm³/mol. The van der Waals surface area contributed by atoms with Gasteiger partial charge in [-0.25, -0.2) is 0 Å². The van der Waals surface area contributed by atoms with E-state index in [4.69, 9.17) is 4.55 Å². The molecule has 1 aliphatic carbocycles. The van der Waals surface area contributed by atoms with Gasteiger partial charge in [-0.2, -0.15) is 8.42 Å². The first-order valence-corrected chi connectivity index (χ1v) is 5.90. The summed E-state index contributed by atoms with van der Waals surface area (Å²) >= 11 is 0. The zero-order valence-corrected chi connectivity index (χ0v) is 8.20. The third-order valence-electron chi connectivity index (χ3n) is 2.14. The molecule has 0 atom stereocenters. The second-order valence-corrected chi connectivity index (χ2v) is 4.58. The van der Waals surface area contributed by atoms with E-state index in [0.717, 1.165) is 5.41 Å². The fraction of sp³-hybridized carbons (Fsp3) is 0.556. The number of allylic oxidation sites excluding steroid dienone is 3. The third-order valence-corrected chi connectivity index (χ3v) is 2.65. The van der Waals surface area contributed by atoms with Crippen molar-refractivity contribution in [1.82, 2.24) is 0 Å². The molecule has 3 nitrogen and oxygen atoms in total. The fourth-order valence-corrected chi connectivity index (χ4v) is 1.81. The van der Waals surface area contributed by atoms with Crippen molar-refractivity contribution in [2.45, 2.75) is 25.7 Å². The molecule has 0 aromatic heterocycles. The lowest BCUT2D eigenvalue weighted by atomic mass is 10.1. The molecule has 0 spiro atoms. The van der Waals surface area contributed by atoms with E-state index in [0.29, 0.717) is 5.92 Å². The highest BCUT2D eigenvalue weighted by atomic mass is 32.2. The number of hydrogen-bond donors (Lipinski definition) is 1. The van der Waals surface area contributed by atoms with Crippen LogP contribution in [0.1, 0.15) is 25.7 Å². The molecule has 4 heteroatoms. The Kier molecular flexibility index (Phi) is 3.69. The van der Waals surface area contributed by atoms with Crippen LogP contribution in [-0.2, 0) is 10.1 Å². The summed E-state index contributed by atoms with van der Waals surface area (Å²) in [6, 6.07) is 0. The number of hydrogen-bond acceptors (Lipinski definition) is 2. The fourth-order valence-electron chi connectivity index (χ4n) is 1.52. The van der Waals surface area contributed by atoms with Crippen LogP contribution in [0.15, 0.2) is 23.6 Å². The quantitative estimate of drug-likeness (QED) is 0.563. The van der Waals surface area contributed by atoms with Crippen LogP contribution in [0.4, 0.5) is 0 Å². The molecule has 1 fully saturated rings. The van der Waals surface area contributed by atoms with Crippen molar-refractivity contribution in [3.05, 3.63) is 23.6 Å². The molecule has 0 aromatic carbocycles. The van der Waals surface area contributed by atoms with Crippen LogP contribution >= 0.6 is 0 Å². The van der Waals surface area contributed by atoms with Gasteiger partial charge in [0.25, 0.3) is 10.1 Å². The molecule has 0 aromatic rings. The summed E-state index contributed by atoms with van der Waals surface area (Å²) in [7, 11) is -3.95. The van der Waals surface area contributed by atoms with Crippen molar-refractivity contribution in [1.29, 1.82) is 0 Å². The Morgan fingerprint density at radius 3 is 2.31 bits per heavy atom. The lowest BCUT2D eigenvalue weighted by molar-refractivity contribution is 0.494. The van der Waals surface area contributed by atoms with E-state index in [1.165, 1.54) is 31.8 Å². The standard InChI is InChI=1S/C9H14O3S/c10-13(11,12)8-4-3-7-9-5-1-2-6-9/h3-4,7-9H,1-2,5-6H2,(H,10,11,12)/b7-3+,8-4+. The summed E-state index contributed by atoms with van der Waals surface area (Å²) < 4.78 is 28.9. The Hall–Kier alpha value is -0.610. The Bertz CT molecular complexity index is 295. The van der Waals surface area contributed by atoms with Gasteiger partial charge in [-0.3, -0.25) is 4.55 Å². The van der Waals surface area contributed by atoms with Crippen LogP contribution in [0.5, 0.6) is 0 Å². The summed E-state index contributed by atoms with van der Waals surface area (Å²) in [5.41, 5.74) is 0. The van der Waals surface area contributed by atoms with Crippen LogP contribution < -0.4 is 0 Å². The Balaban J connectivity index is 2.36. The van der Waals surface area contributed by atoms with Gasteiger partial charge in [-0.1, -0.05) is 25.0 Å². The first-order valence-electron chi connectivity index (χ1n) is 4.40. The molecular weight excluding hydrogens is 188 g/mol. The first-order chi connectivity index (χ1) is 6.08. The molecular formula is C9H14O3S. The highest BCUT2D eigenvalue weighted by Gasteiger charge is 2.10. The summed E-state index contributed by atoms with van der Waals surface area (Å²) in [4.78, 5) is 0. The molecule has 1 saturated carbocycles. The predicted octanol–water partition coefficient (Wildman–Crippen LogP) is 2.13. The lowest BCUT2D eigenvalue weighted by Gasteiger charge is -1.97. The molecule has 0 unspecified atom stereocenters. The summed E-state index contributed by atoms with van der Waals surface area (Å²) in [5, 5.41) is 0.790. The molecule has 1 N–H and O–H groups in total. The zero-order valence-electron chi connectivity index (χ0n) is 7.39. The smallest absolute Gasteiger partial charge is 0.282 e. The SMILES string of the molecule is O=S(=O)(O)/C=C/C=C/C1CCCC1. The van der Waals surface area contributed by atoms with Gasteiger partial charge >= 0.3 is 0 Å².